The van der Waals surface area contributed by atoms with Gasteiger partial charge in [0.1, 0.15) is 5.75 Å². The van der Waals surface area contributed by atoms with E-state index in [4.69, 9.17) is 4.74 Å². The molecule has 2 atom stereocenters. The lowest BCUT2D eigenvalue weighted by Gasteiger charge is -2.35. The fourth-order valence-corrected chi connectivity index (χ4v) is 8.14. The molecule has 0 aromatic heterocycles. The van der Waals surface area contributed by atoms with Crippen LogP contribution < -0.4 is 4.74 Å². The van der Waals surface area contributed by atoms with Crippen LogP contribution >= 0.6 is 11.8 Å². The largest absolute Gasteiger partial charge is 0.512 e. The highest BCUT2D eigenvalue weighted by molar-refractivity contribution is 8.00. The SMILES string of the molecule is Cc1cc(CC2(C)c3ccc(OC(=O)c4ccccc4)cc3SC2C2=CC=C(O)CC2)ccc1CN1CCCC1. The van der Waals surface area contributed by atoms with Crippen molar-refractivity contribution in [3.05, 3.63) is 118 Å². The van der Waals surface area contributed by atoms with Crippen molar-refractivity contribution in [2.45, 2.75) is 68.1 Å². The zero-order valence-electron chi connectivity index (χ0n) is 23.4. The topological polar surface area (TPSA) is 49.8 Å². The summed E-state index contributed by atoms with van der Waals surface area (Å²) < 4.78 is 5.78. The van der Waals surface area contributed by atoms with Crippen LogP contribution in [0.5, 0.6) is 5.75 Å². The first kappa shape index (κ1) is 26.9. The van der Waals surface area contributed by atoms with Crippen LogP contribution in [-0.4, -0.2) is 34.3 Å². The van der Waals surface area contributed by atoms with Gasteiger partial charge < -0.3 is 9.84 Å². The molecule has 1 fully saturated rings. The van der Waals surface area contributed by atoms with E-state index in [0.29, 0.717) is 23.5 Å². The second-order valence-corrected chi connectivity index (χ2v) is 12.8. The van der Waals surface area contributed by atoms with Crippen LogP contribution in [0.25, 0.3) is 0 Å². The monoisotopic (exact) mass is 551 g/mol. The van der Waals surface area contributed by atoms with E-state index in [9.17, 15) is 9.90 Å². The first-order valence-corrected chi connectivity index (χ1v) is 15.2. The van der Waals surface area contributed by atoms with Crippen molar-refractivity contribution in [2.75, 3.05) is 13.1 Å². The zero-order chi connectivity index (χ0) is 27.7. The number of aliphatic hydroxyl groups excluding tert-OH is 1. The van der Waals surface area contributed by atoms with Gasteiger partial charge in [0.2, 0.25) is 0 Å². The van der Waals surface area contributed by atoms with E-state index in [2.05, 4.69) is 49.1 Å². The molecule has 1 aliphatic carbocycles. The van der Waals surface area contributed by atoms with Crippen LogP contribution in [0.3, 0.4) is 0 Å². The highest BCUT2D eigenvalue weighted by atomic mass is 32.2. The lowest BCUT2D eigenvalue weighted by Crippen LogP contribution is -2.35. The van der Waals surface area contributed by atoms with Crippen molar-refractivity contribution in [1.29, 1.82) is 0 Å². The molecule has 1 saturated heterocycles. The van der Waals surface area contributed by atoms with Gasteiger partial charge in [0, 0.05) is 28.5 Å². The Morgan fingerprint density at radius 2 is 1.82 bits per heavy atom. The van der Waals surface area contributed by atoms with E-state index in [-0.39, 0.29) is 16.6 Å². The minimum Gasteiger partial charge on any atom is -0.512 e. The van der Waals surface area contributed by atoms with Crippen LogP contribution in [0.4, 0.5) is 0 Å². The van der Waals surface area contributed by atoms with E-state index < -0.39 is 0 Å². The summed E-state index contributed by atoms with van der Waals surface area (Å²) in [5, 5.41) is 10.3. The lowest BCUT2D eigenvalue weighted by molar-refractivity contribution is 0.0734. The number of aryl methyl sites for hydroxylation is 1. The number of rotatable bonds is 7. The molecule has 6 rings (SSSR count). The Bertz CT molecular complexity index is 1470. The van der Waals surface area contributed by atoms with Crippen molar-refractivity contribution < 1.29 is 14.6 Å². The molecule has 0 radical (unpaired) electrons. The van der Waals surface area contributed by atoms with Gasteiger partial charge in [0.05, 0.1) is 11.3 Å². The molecule has 40 heavy (non-hydrogen) atoms. The van der Waals surface area contributed by atoms with E-state index in [1.54, 1.807) is 12.1 Å². The van der Waals surface area contributed by atoms with Crippen molar-refractivity contribution in [2.24, 2.45) is 0 Å². The second-order valence-electron chi connectivity index (χ2n) is 11.6. The summed E-state index contributed by atoms with van der Waals surface area (Å²) in [6, 6.07) is 22.3. The average molecular weight is 552 g/mol. The molecule has 206 valence electrons. The number of nitrogens with zero attached hydrogens (tertiary/aromatic N) is 1. The summed E-state index contributed by atoms with van der Waals surface area (Å²) >= 11 is 1.86. The van der Waals surface area contributed by atoms with Crippen LogP contribution in [0.15, 0.2) is 95.1 Å². The number of hydrogen-bond donors (Lipinski definition) is 1. The Morgan fingerprint density at radius 1 is 1.02 bits per heavy atom. The van der Waals surface area contributed by atoms with Crippen molar-refractivity contribution in [3.63, 3.8) is 0 Å². The summed E-state index contributed by atoms with van der Waals surface area (Å²) in [6.07, 6.45) is 9.04. The molecular formula is C35H37NO3S. The molecule has 3 aromatic rings. The number of fused-ring (bicyclic) bond motifs is 1. The molecule has 1 N–H and O–H groups in total. The molecule has 3 aromatic carbocycles. The minimum absolute atomic E-state index is 0.141. The maximum atomic E-state index is 12.7. The number of likely N-dealkylation sites (tertiary alicyclic amines) is 1. The summed E-state index contributed by atoms with van der Waals surface area (Å²) in [7, 11) is 0. The van der Waals surface area contributed by atoms with Gasteiger partial charge in [-0.25, -0.2) is 4.79 Å². The molecule has 4 nitrogen and oxygen atoms in total. The Balaban J connectivity index is 1.29. The predicted molar refractivity (Wildman–Crippen MR) is 162 cm³/mol. The molecule has 0 amide bonds. The number of ether oxygens (including phenoxy) is 1. The molecule has 2 heterocycles. The van der Waals surface area contributed by atoms with Gasteiger partial charge in [-0.3, -0.25) is 4.90 Å². The van der Waals surface area contributed by atoms with E-state index in [1.165, 1.54) is 53.8 Å². The first-order chi connectivity index (χ1) is 19.4. The van der Waals surface area contributed by atoms with E-state index in [0.717, 1.165) is 24.3 Å². The molecule has 5 heteroatoms. The third kappa shape index (κ3) is 5.50. The number of thioether (sulfide) groups is 1. The quantitative estimate of drug-likeness (QED) is 0.239. The maximum Gasteiger partial charge on any atom is 0.343 e. The molecule has 0 bridgehead atoms. The minimum atomic E-state index is -0.344. The van der Waals surface area contributed by atoms with Crippen molar-refractivity contribution in [1.82, 2.24) is 4.90 Å². The Kier molecular flexibility index (Phi) is 7.61. The first-order valence-electron chi connectivity index (χ1n) is 14.4. The Labute approximate surface area is 241 Å². The van der Waals surface area contributed by atoms with Gasteiger partial charge in [-0.1, -0.05) is 61.0 Å². The number of allylic oxidation sites excluding steroid dienone is 3. The summed E-state index contributed by atoms with van der Waals surface area (Å²) in [4.78, 5) is 16.4. The highest BCUT2D eigenvalue weighted by Gasteiger charge is 2.46. The number of carbonyl (C=O) groups is 1. The third-order valence-corrected chi connectivity index (χ3v) is 10.3. The van der Waals surface area contributed by atoms with E-state index >= 15 is 0 Å². The highest BCUT2D eigenvalue weighted by Crippen LogP contribution is 2.55. The van der Waals surface area contributed by atoms with Crippen LogP contribution in [0, 0.1) is 6.92 Å². The third-order valence-electron chi connectivity index (χ3n) is 8.68. The fourth-order valence-electron chi connectivity index (χ4n) is 6.46. The molecule has 2 unspecified atom stereocenters. The van der Waals surface area contributed by atoms with Gasteiger partial charge in [0.25, 0.3) is 0 Å². The normalized spacial score (nSPS) is 22.5. The van der Waals surface area contributed by atoms with Gasteiger partial charge in [-0.05, 0) is 98.3 Å². The molecule has 3 aliphatic rings. The zero-order valence-corrected chi connectivity index (χ0v) is 24.2. The Hall–Kier alpha value is -3.28. The predicted octanol–water partition coefficient (Wildman–Crippen LogP) is 7.95. The molecular weight excluding hydrogens is 514 g/mol. The summed E-state index contributed by atoms with van der Waals surface area (Å²) in [6.45, 7) is 8.07. The fraction of sp³-hybridized carbons (Fsp3) is 0.343. The lowest BCUT2D eigenvalue weighted by atomic mass is 9.71. The number of hydrogen-bond acceptors (Lipinski definition) is 5. The summed E-state index contributed by atoms with van der Waals surface area (Å²) in [5.41, 5.74) is 7.18. The Morgan fingerprint density at radius 3 is 2.55 bits per heavy atom. The van der Waals surface area contributed by atoms with Crippen molar-refractivity contribution in [3.8, 4) is 5.75 Å². The molecule has 0 spiro atoms. The van der Waals surface area contributed by atoms with E-state index in [1.807, 2.05) is 48.2 Å². The number of esters is 1. The second kappa shape index (κ2) is 11.3. The van der Waals surface area contributed by atoms with Crippen LogP contribution in [0.2, 0.25) is 0 Å². The number of benzene rings is 3. The average Bonchev–Trinajstić information content (AvgIpc) is 3.57. The van der Waals surface area contributed by atoms with Gasteiger partial charge >= 0.3 is 5.97 Å². The van der Waals surface area contributed by atoms with Crippen molar-refractivity contribution >= 4 is 17.7 Å². The van der Waals surface area contributed by atoms with Crippen LogP contribution in [0.1, 0.15) is 65.2 Å². The molecule has 2 aliphatic heterocycles. The summed E-state index contributed by atoms with van der Waals surface area (Å²) in [5.74, 6) is 0.675. The smallest absolute Gasteiger partial charge is 0.343 e. The number of aliphatic hydroxyl groups is 1. The standard InChI is InChI=1S/C35H37NO3S/c1-24-20-25(10-11-28(24)23-36-18-6-7-19-36)22-35(2)31-17-16-30(39-34(38)27-8-4-3-5-9-27)21-32(31)40-33(35)26-12-14-29(37)15-13-26/h3-5,8-12,14,16-17,20-21,33,37H,6-7,13,15,18-19,22-23H2,1-2H3. The van der Waals surface area contributed by atoms with Gasteiger partial charge in [0.15, 0.2) is 0 Å². The van der Waals surface area contributed by atoms with Gasteiger partial charge in [-0.2, -0.15) is 0 Å². The van der Waals surface area contributed by atoms with Crippen LogP contribution in [-0.2, 0) is 18.4 Å². The number of carbonyl (C=O) groups excluding carboxylic acids is 1. The maximum absolute atomic E-state index is 12.7. The molecule has 0 saturated carbocycles. The van der Waals surface area contributed by atoms with Gasteiger partial charge in [-0.15, -0.1) is 11.8 Å².